The number of carbonyl (C=O) groups is 2. The minimum Gasteiger partial charge on any atom is -0.507 e. The SMILES string of the molecule is C=C(NC(=O)Nc1cccc2cccc(O)c12)C(=O)OCCCC. The number of carbonyl (C=O) groups excluding carboxylic acids is 2. The normalized spacial score (nSPS) is 10.2. The van der Waals surface area contributed by atoms with Gasteiger partial charge in [-0.1, -0.05) is 44.2 Å². The van der Waals surface area contributed by atoms with Crippen molar-refractivity contribution in [3.63, 3.8) is 0 Å². The van der Waals surface area contributed by atoms with Crippen molar-refractivity contribution in [2.45, 2.75) is 19.8 Å². The maximum absolute atomic E-state index is 12.0. The number of phenols is 1. The van der Waals surface area contributed by atoms with Crippen LogP contribution in [0.1, 0.15) is 19.8 Å². The van der Waals surface area contributed by atoms with Gasteiger partial charge in [0.15, 0.2) is 0 Å². The first-order valence-electron chi connectivity index (χ1n) is 7.67. The van der Waals surface area contributed by atoms with E-state index in [0.717, 1.165) is 18.2 Å². The Morgan fingerprint density at radius 2 is 1.92 bits per heavy atom. The zero-order valence-electron chi connectivity index (χ0n) is 13.5. The van der Waals surface area contributed by atoms with E-state index in [0.29, 0.717) is 11.1 Å². The smallest absolute Gasteiger partial charge is 0.354 e. The number of ether oxygens (including phenoxy) is 1. The van der Waals surface area contributed by atoms with Gasteiger partial charge in [0.1, 0.15) is 11.4 Å². The Morgan fingerprint density at radius 3 is 2.62 bits per heavy atom. The second kappa shape index (κ2) is 8.01. The summed E-state index contributed by atoms with van der Waals surface area (Å²) in [5.74, 6) is -0.611. The Morgan fingerprint density at radius 1 is 1.21 bits per heavy atom. The monoisotopic (exact) mass is 328 g/mol. The number of hydrogen-bond acceptors (Lipinski definition) is 4. The van der Waals surface area contributed by atoms with Gasteiger partial charge in [0.05, 0.1) is 12.3 Å². The number of rotatable bonds is 6. The van der Waals surface area contributed by atoms with Crippen LogP contribution in [0, 0.1) is 0 Å². The van der Waals surface area contributed by atoms with E-state index < -0.39 is 12.0 Å². The van der Waals surface area contributed by atoms with Crippen LogP contribution in [0.15, 0.2) is 48.7 Å². The average Bonchev–Trinajstić information content (AvgIpc) is 2.55. The van der Waals surface area contributed by atoms with Gasteiger partial charge in [-0.05, 0) is 23.9 Å². The van der Waals surface area contributed by atoms with Crippen LogP contribution in [0.4, 0.5) is 10.5 Å². The fraction of sp³-hybridized carbons (Fsp3) is 0.222. The molecular weight excluding hydrogens is 308 g/mol. The topological polar surface area (TPSA) is 87.7 Å². The third kappa shape index (κ3) is 4.25. The first-order chi connectivity index (χ1) is 11.5. The van der Waals surface area contributed by atoms with E-state index in [1.165, 1.54) is 6.07 Å². The second-order valence-corrected chi connectivity index (χ2v) is 5.23. The maximum Gasteiger partial charge on any atom is 0.354 e. The zero-order valence-corrected chi connectivity index (χ0v) is 13.5. The molecule has 0 spiro atoms. The first kappa shape index (κ1) is 17.3. The van der Waals surface area contributed by atoms with E-state index in [1.807, 2.05) is 19.1 Å². The lowest BCUT2D eigenvalue weighted by molar-refractivity contribution is -0.139. The molecule has 0 bridgehead atoms. The molecule has 0 aliphatic heterocycles. The number of aromatic hydroxyl groups is 1. The molecule has 0 saturated heterocycles. The molecule has 6 heteroatoms. The summed E-state index contributed by atoms with van der Waals surface area (Å²) >= 11 is 0. The summed E-state index contributed by atoms with van der Waals surface area (Å²) in [5, 5.41) is 16.2. The standard InChI is InChI=1S/C18H20N2O4/c1-3-4-11-24-17(22)12(2)19-18(23)20-14-9-5-7-13-8-6-10-15(21)16(13)14/h5-10,21H,2-4,11H2,1H3,(H2,19,20,23). The van der Waals surface area contributed by atoms with Crippen LogP contribution >= 0.6 is 0 Å². The molecule has 24 heavy (non-hydrogen) atoms. The largest absolute Gasteiger partial charge is 0.507 e. The molecule has 3 N–H and O–H groups in total. The third-order valence-electron chi connectivity index (χ3n) is 3.37. The lowest BCUT2D eigenvalue weighted by atomic mass is 10.1. The number of urea groups is 1. The summed E-state index contributed by atoms with van der Waals surface area (Å²) in [6.07, 6.45) is 1.65. The Kier molecular flexibility index (Phi) is 5.78. The number of esters is 1. The number of amides is 2. The molecule has 2 amide bonds. The lowest BCUT2D eigenvalue weighted by Crippen LogP contribution is -2.31. The molecule has 2 rings (SSSR count). The number of benzene rings is 2. The lowest BCUT2D eigenvalue weighted by Gasteiger charge is -2.12. The van der Waals surface area contributed by atoms with Gasteiger partial charge >= 0.3 is 12.0 Å². The van der Waals surface area contributed by atoms with Crippen molar-refractivity contribution in [1.29, 1.82) is 0 Å². The minimum atomic E-state index is -0.667. The number of phenolic OH excluding ortho intramolecular Hbond substituents is 1. The second-order valence-electron chi connectivity index (χ2n) is 5.23. The van der Waals surface area contributed by atoms with Crippen LogP contribution < -0.4 is 10.6 Å². The van der Waals surface area contributed by atoms with Crippen LogP contribution in [0.5, 0.6) is 5.75 Å². The average molecular weight is 328 g/mol. The number of anilines is 1. The van der Waals surface area contributed by atoms with Gasteiger partial charge in [0, 0.05) is 5.39 Å². The molecule has 126 valence electrons. The predicted molar refractivity (Wildman–Crippen MR) is 92.8 cm³/mol. The molecular formula is C18H20N2O4. The fourth-order valence-corrected chi connectivity index (χ4v) is 2.16. The summed E-state index contributed by atoms with van der Waals surface area (Å²) in [6.45, 7) is 5.77. The molecule has 0 aliphatic carbocycles. The van der Waals surface area contributed by atoms with Crippen molar-refractivity contribution >= 4 is 28.5 Å². The van der Waals surface area contributed by atoms with Crippen LogP contribution in [0.3, 0.4) is 0 Å². The Labute approximate surface area is 140 Å². The number of unbranched alkanes of at least 4 members (excludes halogenated alkanes) is 1. The maximum atomic E-state index is 12.0. The third-order valence-corrected chi connectivity index (χ3v) is 3.37. The van der Waals surface area contributed by atoms with E-state index in [4.69, 9.17) is 4.74 Å². The van der Waals surface area contributed by atoms with Gasteiger partial charge in [-0.15, -0.1) is 0 Å². The summed E-state index contributed by atoms with van der Waals surface area (Å²) in [6, 6.07) is 9.67. The fourth-order valence-electron chi connectivity index (χ4n) is 2.16. The van der Waals surface area contributed by atoms with E-state index in [2.05, 4.69) is 17.2 Å². The highest BCUT2D eigenvalue weighted by atomic mass is 16.5. The van der Waals surface area contributed by atoms with Crippen LogP contribution in [-0.2, 0) is 9.53 Å². The molecule has 0 heterocycles. The van der Waals surface area contributed by atoms with Gasteiger partial charge in [-0.25, -0.2) is 9.59 Å². The molecule has 0 fully saturated rings. The van der Waals surface area contributed by atoms with Crippen molar-refractivity contribution < 1.29 is 19.4 Å². The molecule has 0 aromatic heterocycles. The van der Waals surface area contributed by atoms with Crippen molar-refractivity contribution in [2.75, 3.05) is 11.9 Å². The quantitative estimate of drug-likeness (QED) is 0.430. The summed E-state index contributed by atoms with van der Waals surface area (Å²) in [5.41, 5.74) is 0.281. The molecule has 0 unspecified atom stereocenters. The molecule has 2 aromatic carbocycles. The Hall–Kier alpha value is -3.02. The zero-order chi connectivity index (χ0) is 17.5. The van der Waals surface area contributed by atoms with E-state index in [1.54, 1.807) is 18.2 Å². The molecule has 0 aliphatic rings. The van der Waals surface area contributed by atoms with E-state index in [-0.39, 0.29) is 18.1 Å². The summed E-state index contributed by atoms with van der Waals surface area (Å²) in [7, 11) is 0. The summed E-state index contributed by atoms with van der Waals surface area (Å²) < 4.78 is 4.96. The van der Waals surface area contributed by atoms with Crippen LogP contribution in [0.2, 0.25) is 0 Å². The van der Waals surface area contributed by atoms with Crippen molar-refractivity contribution in [2.24, 2.45) is 0 Å². The highest BCUT2D eigenvalue weighted by molar-refractivity contribution is 6.06. The molecule has 0 saturated carbocycles. The number of nitrogens with one attached hydrogen (secondary N) is 2. The van der Waals surface area contributed by atoms with Gasteiger partial charge in [0.2, 0.25) is 0 Å². The van der Waals surface area contributed by atoms with Gasteiger partial charge < -0.3 is 20.5 Å². The van der Waals surface area contributed by atoms with Crippen LogP contribution in [-0.4, -0.2) is 23.7 Å². The van der Waals surface area contributed by atoms with Gasteiger partial charge in [0.25, 0.3) is 0 Å². The molecule has 2 aromatic rings. The van der Waals surface area contributed by atoms with Crippen molar-refractivity contribution in [1.82, 2.24) is 5.32 Å². The number of fused-ring (bicyclic) bond motifs is 1. The highest BCUT2D eigenvalue weighted by Gasteiger charge is 2.13. The first-order valence-corrected chi connectivity index (χ1v) is 7.67. The predicted octanol–water partition coefficient (Wildman–Crippen LogP) is 3.52. The van der Waals surface area contributed by atoms with Crippen LogP contribution in [0.25, 0.3) is 10.8 Å². The Balaban J connectivity index is 2.03. The number of hydrogen-bond donors (Lipinski definition) is 3. The Bertz CT molecular complexity index is 765. The van der Waals surface area contributed by atoms with Gasteiger partial charge in [-0.3, -0.25) is 0 Å². The van der Waals surface area contributed by atoms with Crippen molar-refractivity contribution in [3.05, 3.63) is 48.7 Å². The molecule has 0 radical (unpaired) electrons. The highest BCUT2D eigenvalue weighted by Crippen LogP contribution is 2.31. The summed E-state index contributed by atoms with van der Waals surface area (Å²) in [4.78, 5) is 23.7. The van der Waals surface area contributed by atoms with Crippen molar-refractivity contribution in [3.8, 4) is 5.75 Å². The van der Waals surface area contributed by atoms with E-state index >= 15 is 0 Å². The molecule has 0 atom stereocenters. The minimum absolute atomic E-state index is 0.0567. The van der Waals surface area contributed by atoms with Gasteiger partial charge in [-0.2, -0.15) is 0 Å². The van der Waals surface area contributed by atoms with E-state index in [9.17, 15) is 14.7 Å². The molecule has 6 nitrogen and oxygen atoms in total.